The highest BCUT2D eigenvalue weighted by Gasteiger charge is 1.99. The third kappa shape index (κ3) is 3.27. The lowest BCUT2D eigenvalue weighted by Crippen LogP contribution is -1.87. The van der Waals surface area contributed by atoms with Gasteiger partial charge < -0.3 is 5.73 Å². The van der Waals surface area contributed by atoms with Gasteiger partial charge in [0.15, 0.2) is 0 Å². The van der Waals surface area contributed by atoms with Gasteiger partial charge in [-0.3, -0.25) is 0 Å². The zero-order valence-corrected chi connectivity index (χ0v) is 11.1. The van der Waals surface area contributed by atoms with Crippen molar-refractivity contribution in [2.75, 3.05) is 5.73 Å². The van der Waals surface area contributed by atoms with E-state index in [-0.39, 0.29) is 0 Å². The van der Waals surface area contributed by atoms with Gasteiger partial charge in [-0.1, -0.05) is 24.3 Å². The average Bonchev–Trinajstić information content (AvgIpc) is 2.31. The number of nitrogens with two attached hydrogens (primary N) is 1. The van der Waals surface area contributed by atoms with Crippen molar-refractivity contribution in [3.63, 3.8) is 0 Å². The zero-order chi connectivity index (χ0) is 12.3. The number of hydrogen-bond acceptors (Lipinski definition) is 2. The molecule has 2 heteroatoms. The van der Waals surface area contributed by atoms with Crippen LogP contribution in [0.1, 0.15) is 16.7 Å². The van der Waals surface area contributed by atoms with Crippen LogP contribution in [0.25, 0.3) is 0 Å². The predicted molar refractivity (Wildman–Crippen MR) is 76.3 cm³/mol. The Morgan fingerprint density at radius 1 is 1.00 bits per heavy atom. The van der Waals surface area contributed by atoms with Crippen LogP contribution in [0, 0.1) is 13.8 Å². The van der Waals surface area contributed by atoms with Gasteiger partial charge in [0.25, 0.3) is 0 Å². The highest BCUT2D eigenvalue weighted by molar-refractivity contribution is 7.98. The van der Waals surface area contributed by atoms with E-state index in [1.165, 1.54) is 21.6 Å². The molecule has 0 saturated heterocycles. The van der Waals surface area contributed by atoms with Crippen LogP contribution < -0.4 is 5.73 Å². The fourth-order valence-electron chi connectivity index (χ4n) is 1.66. The second kappa shape index (κ2) is 5.28. The molecule has 2 N–H and O–H groups in total. The Morgan fingerprint density at radius 2 is 1.82 bits per heavy atom. The van der Waals surface area contributed by atoms with E-state index in [1.807, 2.05) is 30.0 Å². The number of thioether (sulfide) groups is 1. The normalized spacial score (nSPS) is 10.5. The molecule has 0 radical (unpaired) electrons. The van der Waals surface area contributed by atoms with Crippen LogP contribution in [-0.4, -0.2) is 0 Å². The van der Waals surface area contributed by atoms with Gasteiger partial charge in [0.05, 0.1) is 0 Å². The maximum atomic E-state index is 5.76. The lowest BCUT2D eigenvalue weighted by Gasteiger charge is -2.06. The summed E-state index contributed by atoms with van der Waals surface area (Å²) in [7, 11) is 0. The number of benzene rings is 2. The van der Waals surface area contributed by atoms with Gasteiger partial charge in [-0.25, -0.2) is 0 Å². The SMILES string of the molecule is Cc1ccc(CSc2cccc(N)c2)cc1C. The van der Waals surface area contributed by atoms with Crippen molar-refractivity contribution in [2.45, 2.75) is 24.5 Å². The van der Waals surface area contributed by atoms with Gasteiger partial charge in [0.1, 0.15) is 0 Å². The van der Waals surface area contributed by atoms with Crippen LogP contribution in [0.3, 0.4) is 0 Å². The molecule has 1 nitrogen and oxygen atoms in total. The van der Waals surface area contributed by atoms with Crippen molar-refractivity contribution in [3.8, 4) is 0 Å². The second-order valence-corrected chi connectivity index (χ2v) is 5.33. The minimum atomic E-state index is 0.829. The Bertz CT molecular complexity index is 520. The van der Waals surface area contributed by atoms with Crippen molar-refractivity contribution in [1.29, 1.82) is 0 Å². The van der Waals surface area contributed by atoms with Gasteiger partial charge in [0, 0.05) is 16.3 Å². The summed E-state index contributed by atoms with van der Waals surface area (Å²) in [6.45, 7) is 4.30. The quantitative estimate of drug-likeness (QED) is 0.646. The maximum Gasteiger partial charge on any atom is 0.0325 e. The van der Waals surface area contributed by atoms with Crippen LogP contribution in [0.4, 0.5) is 5.69 Å². The molecular weight excluding hydrogens is 226 g/mol. The van der Waals surface area contributed by atoms with Crippen molar-refractivity contribution < 1.29 is 0 Å². The van der Waals surface area contributed by atoms with Gasteiger partial charge in [-0.15, -0.1) is 11.8 Å². The first kappa shape index (κ1) is 12.1. The smallest absolute Gasteiger partial charge is 0.0325 e. The van der Waals surface area contributed by atoms with E-state index < -0.39 is 0 Å². The maximum absolute atomic E-state index is 5.76. The largest absolute Gasteiger partial charge is 0.399 e. The van der Waals surface area contributed by atoms with Crippen LogP contribution in [0.2, 0.25) is 0 Å². The van der Waals surface area contributed by atoms with Gasteiger partial charge in [-0.2, -0.15) is 0 Å². The van der Waals surface area contributed by atoms with Crippen molar-refractivity contribution >= 4 is 17.4 Å². The molecule has 2 rings (SSSR count). The first-order valence-corrected chi connectivity index (χ1v) is 6.68. The van der Waals surface area contributed by atoms with Crippen LogP contribution >= 0.6 is 11.8 Å². The summed E-state index contributed by atoms with van der Waals surface area (Å²) >= 11 is 1.82. The van der Waals surface area contributed by atoms with E-state index in [4.69, 9.17) is 5.73 Å². The monoisotopic (exact) mass is 243 g/mol. The highest BCUT2D eigenvalue weighted by atomic mass is 32.2. The fourth-order valence-corrected chi connectivity index (χ4v) is 2.57. The molecule has 0 aromatic heterocycles. The van der Waals surface area contributed by atoms with E-state index >= 15 is 0 Å². The molecule has 0 spiro atoms. The molecule has 0 aliphatic carbocycles. The first-order valence-electron chi connectivity index (χ1n) is 5.69. The average molecular weight is 243 g/mol. The summed E-state index contributed by atoms with van der Waals surface area (Å²) in [4.78, 5) is 1.23. The molecule has 0 fully saturated rings. The molecule has 0 atom stereocenters. The third-order valence-corrected chi connectivity index (χ3v) is 3.90. The summed E-state index contributed by atoms with van der Waals surface area (Å²) in [6.07, 6.45) is 0. The summed E-state index contributed by atoms with van der Waals surface area (Å²) in [5, 5.41) is 0. The van der Waals surface area contributed by atoms with Gasteiger partial charge in [0.2, 0.25) is 0 Å². The summed E-state index contributed by atoms with van der Waals surface area (Å²) in [5.74, 6) is 0.991. The Hall–Kier alpha value is -1.41. The van der Waals surface area contributed by atoms with E-state index in [0.717, 1.165) is 11.4 Å². The van der Waals surface area contributed by atoms with E-state index in [1.54, 1.807) is 0 Å². The standard InChI is InChI=1S/C15H17NS/c1-11-6-7-13(8-12(11)2)10-17-15-5-3-4-14(16)9-15/h3-9H,10,16H2,1-2H3. The van der Waals surface area contributed by atoms with Crippen molar-refractivity contribution in [3.05, 3.63) is 59.2 Å². The Balaban J connectivity index is 2.05. The molecule has 0 bridgehead atoms. The van der Waals surface area contributed by atoms with E-state index in [9.17, 15) is 0 Å². The number of hydrogen-bond donors (Lipinski definition) is 1. The topological polar surface area (TPSA) is 26.0 Å². The lowest BCUT2D eigenvalue weighted by atomic mass is 10.1. The minimum Gasteiger partial charge on any atom is -0.399 e. The minimum absolute atomic E-state index is 0.829. The molecule has 0 aliphatic rings. The second-order valence-electron chi connectivity index (χ2n) is 4.28. The summed E-state index contributed by atoms with van der Waals surface area (Å²) < 4.78 is 0. The number of aryl methyl sites for hydroxylation is 2. The fraction of sp³-hybridized carbons (Fsp3) is 0.200. The van der Waals surface area contributed by atoms with Crippen LogP contribution in [0.15, 0.2) is 47.4 Å². The lowest BCUT2D eigenvalue weighted by molar-refractivity contribution is 1.28. The molecule has 0 saturated carbocycles. The molecule has 0 unspecified atom stereocenters. The molecule has 2 aromatic carbocycles. The molecule has 0 amide bonds. The molecule has 0 heterocycles. The molecule has 0 aliphatic heterocycles. The third-order valence-electron chi connectivity index (χ3n) is 2.83. The first-order chi connectivity index (χ1) is 8.15. The summed E-state index contributed by atoms with van der Waals surface area (Å²) in [5.41, 5.74) is 10.7. The van der Waals surface area contributed by atoms with Crippen molar-refractivity contribution in [2.24, 2.45) is 0 Å². The molecular formula is C15H17NS. The predicted octanol–water partition coefficient (Wildman–Crippen LogP) is 4.18. The zero-order valence-electron chi connectivity index (χ0n) is 10.2. The van der Waals surface area contributed by atoms with Gasteiger partial charge >= 0.3 is 0 Å². The highest BCUT2D eigenvalue weighted by Crippen LogP contribution is 2.25. The molecule has 17 heavy (non-hydrogen) atoms. The van der Waals surface area contributed by atoms with E-state index in [2.05, 4.69) is 38.1 Å². The number of nitrogen functional groups attached to an aromatic ring is 1. The van der Waals surface area contributed by atoms with Crippen LogP contribution in [-0.2, 0) is 5.75 Å². The molecule has 88 valence electrons. The Morgan fingerprint density at radius 3 is 2.53 bits per heavy atom. The Labute approximate surface area is 107 Å². The Kier molecular flexibility index (Phi) is 3.75. The molecule has 2 aromatic rings. The van der Waals surface area contributed by atoms with E-state index in [0.29, 0.717) is 0 Å². The summed E-state index contributed by atoms with van der Waals surface area (Å²) in [6, 6.07) is 14.7. The van der Waals surface area contributed by atoms with Gasteiger partial charge in [-0.05, 0) is 48.7 Å². The number of anilines is 1. The van der Waals surface area contributed by atoms with Crippen molar-refractivity contribution in [1.82, 2.24) is 0 Å². The number of rotatable bonds is 3. The van der Waals surface area contributed by atoms with Crippen LogP contribution in [0.5, 0.6) is 0 Å².